The van der Waals surface area contributed by atoms with Gasteiger partial charge < -0.3 is 10.1 Å². The maximum Gasteiger partial charge on any atom is 0.188 e. The van der Waals surface area contributed by atoms with Gasteiger partial charge >= 0.3 is 0 Å². The molecule has 0 atom stereocenters. The average Bonchev–Trinajstić information content (AvgIpc) is 2.34. The molecule has 0 amide bonds. The highest BCUT2D eigenvalue weighted by molar-refractivity contribution is 7.99. The van der Waals surface area contributed by atoms with Crippen molar-refractivity contribution in [3.8, 4) is 0 Å². The van der Waals surface area contributed by atoms with Gasteiger partial charge in [0.2, 0.25) is 0 Å². The topological polar surface area (TPSA) is 47.0 Å². The van der Waals surface area contributed by atoms with Crippen molar-refractivity contribution in [2.24, 2.45) is 0 Å². The van der Waals surface area contributed by atoms with Crippen LogP contribution in [-0.4, -0.2) is 42.0 Å². The maximum atomic E-state index is 5.25. The molecule has 1 rings (SSSR count). The Morgan fingerprint density at radius 3 is 2.39 bits per heavy atom. The third-order valence-electron chi connectivity index (χ3n) is 2.75. The van der Waals surface area contributed by atoms with E-state index in [1.165, 1.54) is 5.56 Å². The van der Waals surface area contributed by atoms with Crippen LogP contribution < -0.4 is 5.32 Å². The molecular weight excluding hydrogens is 246 g/mol. The lowest BCUT2D eigenvalue weighted by atomic mass is 10.2. The minimum atomic E-state index is 0.778. The predicted octanol–water partition coefficient (Wildman–Crippen LogP) is 2.12. The van der Waals surface area contributed by atoms with Crippen LogP contribution in [0.15, 0.2) is 5.16 Å². The molecule has 0 bridgehead atoms. The molecule has 0 radical (unpaired) electrons. The third-order valence-corrected chi connectivity index (χ3v) is 3.60. The lowest BCUT2D eigenvalue weighted by Gasteiger charge is -2.07. The van der Waals surface area contributed by atoms with Crippen molar-refractivity contribution in [2.75, 3.05) is 32.1 Å². The van der Waals surface area contributed by atoms with E-state index in [0.717, 1.165) is 48.6 Å². The Morgan fingerprint density at radius 1 is 1.11 bits per heavy atom. The number of aromatic nitrogens is 2. The van der Waals surface area contributed by atoms with Gasteiger partial charge in [-0.3, -0.25) is 0 Å². The van der Waals surface area contributed by atoms with Gasteiger partial charge in [-0.2, -0.15) is 0 Å². The number of hydrogen-bond donors (Lipinski definition) is 1. The van der Waals surface area contributed by atoms with Gasteiger partial charge in [-0.1, -0.05) is 11.8 Å². The predicted molar refractivity (Wildman–Crippen MR) is 76.3 cm³/mol. The number of nitrogens with zero attached hydrogens (tertiary/aromatic N) is 2. The third kappa shape index (κ3) is 5.33. The molecule has 0 aromatic carbocycles. The van der Waals surface area contributed by atoms with Gasteiger partial charge in [0, 0.05) is 36.8 Å². The second kappa shape index (κ2) is 8.45. The molecule has 0 aliphatic carbocycles. The first-order chi connectivity index (χ1) is 8.65. The van der Waals surface area contributed by atoms with E-state index in [2.05, 4.69) is 22.2 Å². The molecule has 1 aromatic heterocycles. The van der Waals surface area contributed by atoms with Crippen molar-refractivity contribution in [2.45, 2.75) is 32.9 Å². The molecule has 1 aromatic rings. The molecule has 4 nitrogen and oxygen atoms in total. The minimum absolute atomic E-state index is 0.778. The molecule has 0 spiro atoms. The first-order valence-corrected chi connectivity index (χ1v) is 7.36. The first kappa shape index (κ1) is 15.4. The van der Waals surface area contributed by atoms with Crippen LogP contribution >= 0.6 is 11.8 Å². The van der Waals surface area contributed by atoms with Crippen LogP contribution in [0.3, 0.4) is 0 Å². The standard InChI is InChI=1S/C13H23N3OS/c1-5-17-8-6-14-7-9-18-13-15-11(3)10(2)12(4)16-13/h14H,5-9H2,1-4H3. The lowest BCUT2D eigenvalue weighted by Crippen LogP contribution is -2.22. The van der Waals surface area contributed by atoms with E-state index in [0.29, 0.717) is 0 Å². The number of ether oxygens (including phenoxy) is 1. The zero-order valence-corrected chi connectivity index (χ0v) is 12.6. The van der Waals surface area contributed by atoms with Crippen LogP contribution in [0.25, 0.3) is 0 Å². The SMILES string of the molecule is CCOCCNCCSc1nc(C)c(C)c(C)n1. The van der Waals surface area contributed by atoms with Crippen molar-refractivity contribution in [1.29, 1.82) is 0 Å². The zero-order chi connectivity index (χ0) is 13.4. The van der Waals surface area contributed by atoms with Crippen molar-refractivity contribution in [1.82, 2.24) is 15.3 Å². The fourth-order valence-electron chi connectivity index (χ4n) is 1.43. The smallest absolute Gasteiger partial charge is 0.188 e. The lowest BCUT2D eigenvalue weighted by molar-refractivity contribution is 0.150. The molecule has 0 fully saturated rings. The Balaban J connectivity index is 2.23. The van der Waals surface area contributed by atoms with Crippen LogP contribution in [0, 0.1) is 20.8 Å². The average molecular weight is 269 g/mol. The van der Waals surface area contributed by atoms with Crippen molar-refractivity contribution in [3.05, 3.63) is 17.0 Å². The fourth-order valence-corrected chi connectivity index (χ4v) is 2.27. The highest BCUT2D eigenvalue weighted by Gasteiger charge is 2.04. The number of nitrogens with one attached hydrogen (secondary N) is 1. The van der Waals surface area contributed by atoms with Crippen LogP contribution in [0.5, 0.6) is 0 Å². The molecule has 102 valence electrons. The van der Waals surface area contributed by atoms with E-state index >= 15 is 0 Å². The molecule has 0 aliphatic rings. The summed E-state index contributed by atoms with van der Waals surface area (Å²) in [5.74, 6) is 0.980. The Labute approximate surface area is 114 Å². The molecule has 1 heterocycles. The number of thioether (sulfide) groups is 1. The zero-order valence-electron chi connectivity index (χ0n) is 11.7. The molecule has 0 unspecified atom stereocenters. The molecule has 18 heavy (non-hydrogen) atoms. The van der Waals surface area contributed by atoms with Crippen LogP contribution in [0.2, 0.25) is 0 Å². The van der Waals surface area contributed by atoms with E-state index in [1.807, 2.05) is 20.8 Å². The minimum Gasteiger partial charge on any atom is -0.380 e. The summed E-state index contributed by atoms with van der Waals surface area (Å²) in [6.07, 6.45) is 0. The Kier molecular flexibility index (Phi) is 7.23. The van der Waals surface area contributed by atoms with Gasteiger partial charge in [0.1, 0.15) is 0 Å². The van der Waals surface area contributed by atoms with Crippen LogP contribution in [0.4, 0.5) is 0 Å². The summed E-state index contributed by atoms with van der Waals surface area (Å²) in [7, 11) is 0. The normalized spacial score (nSPS) is 10.9. The van der Waals surface area contributed by atoms with Crippen LogP contribution in [-0.2, 0) is 4.74 Å². The summed E-state index contributed by atoms with van der Waals surface area (Å²) >= 11 is 1.70. The van der Waals surface area contributed by atoms with Gasteiger partial charge in [-0.15, -0.1) is 0 Å². The van der Waals surface area contributed by atoms with Crippen molar-refractivity contribution in [3.63, 3.8) is 0 Å². The van der Waals surface area contributed by atoms with Crippen LogP contribution in [0.1, 0.15) is 23.9 Å². The summed E-state index contributed by atoms with van der Waals surface area (Å²) in [5, 5.41) is 4.21. The highest BCUT2D eigenvalue weighted by atomic mass is 32.2. The van der Waals surface area contributed by atoms with E-state index in [4.69, 9.17) is 4.74 Å². The summed E-state index contributed by atoms with van der Waals surface area (Å²) < 4.78 is 5.25. The second-order valence-electron chi connectivity index (χ2n) is 4.10. The van der Waals surface area contributed by atoms with Gasteiger partial charge in [-0.05, 0) is 33.3 Å². The summed E-state index contributed by atoms with van der Waals surface area (Å²) in [4.78, 5) is 8.96. The molecule has 5 heteroatoms. The van der Waals surface area contributed by atoms with Gasteiger partial charge in [0.15, 0.2) is 5.16 Å². The van der Waals surface area contributed by atoms with Crippen molar-refractivity contribution < 1.29 is 4.74 Å². The van der Waals surface area contributed by atoms with Gasteiger partial charge in [-0.25, -0.2) is 9.97 Å². The fraction of sp³-hybridized carbons (Fsp3) is 0.692. The molecule has 1 N–H and O–H groups in total. The number of hydrogen-bond acceptors (Lipinski definition) is 5. The van der Waals surface area contributed by atoms with Gasteiger partial charge in [0.25, 0.3) is 0 Å². The Bertz CT molecular complexity index is 348. The molecule has 0 saturated carbocycles. The van der Waals surface area contributed by atoms with E-state index in [9.17, 15) is 0 Å². The molecule has 0 aliphatic heterocycles. The molecular formula is C13H23N3OS. The van der Waals surface area contributed by atoms with Crippen molar-refractivity contribution >= 4 is 11.8 Å². The first-order valence-electron chi connectivity index (χ1n) is 6.38. The molecule has 0 saturated heterocycles. The summed E-state index contributed by atoms with van der Waals surface area (Å²) in [5.41, 5.74) is 3.35. The van der Waals surface area contributed by atoms with E-state index < -0.39 is 0 Å². The monoisotopic (exact) mass is 269 g/mol. The quantitative estimate of drug-likeness (QED) is 0.445. The largest absolute Gasteiger partial charge is 0.380 e. The second-order valence-corrected chi connectivity index (χ2v) is 5.16. The summed E-state index contributed by atoms with van der Waals surface area (Å²) in [6, 6.07) is 0. The van der Waals surface area contributed by atoms with Gasteiger partial charge in [0.05, 0.1) is 6.61 Å². The van der Waals surface area contributed by atoms with E-state index in [1.54, 1.807) is 11.8 Å². The maximum absolute atomic E-state index is 5.25. The summed E-state index contributed by atoms with van der Waals surface area (Å²) in [6.45, 7) is 11.6. The number of aryl methyl sites for hydroxylation is 2. The number of rotatable bonds is 8. The Morgan fingerprint density at radius 2 is 1.78 bits per heavy atom. The Hall–Kier alpha value is -0.650. The highest BCUT2D eigenvalue weighted by Crippen LogP contribution is 2.16. The van der Waals surface area contributed by atoms with E-state index in [-0.39, 0.29) is 0 Å².